The zero-order valence-corrected chi connectivity index (χ0v) is 15.3. The van der Waals surface area contributed by atoms with Crippen LogP contribution in [0, 0.1) is 0 Å². The first-order valence-electron chi connectivity index (χ1n) is 7.94. The van der Waals surface area contributed by atoms with Gasteiger partial charge in [0.05, 0.1) is 19.9 Å². The number of carbonyl (C=O) groups excluding carboxylic acids is 1. The van der Waals surface area contributed by atoms with E-state index in [9.17, 15) is 4.79 Å². The van der Waals surface area contributed by atoms with Crippen LogP contribution in [-0.4, -0.2) is 20.2 Å². The van der Waals surface area contributed by atoms with Gasteiger partial charge >= 0.3 is 5.97 Å². The van der Waals surface area contributed by atoms with E-state index in [0.29, 0.717) is 28.7 Å². The molecule has 0 saturated carbocycles. The SMILES string of the molecule is COC(=O)c1scc(-c2ccc(OC)c(OCc3ccccc3)c2)c1N. The van der Waals surface area contributed by atoms with E-state index in [0.717, 1.165) is 16.7 Å². The molecular weight excluding hydrogens is 350 g/mol. The number of rotatable bonds is 6. The standard InChI is InChI=1S/C20H19NO4S/c1-23-16-9-8-14(15-12-26-19(18(15)21)20(22)24-2)10-17(16)25-11-13-6-4-3-5-7-13/h3-10,12H,11,21H2,1-2H3. The molecule has 26 heavy (non-hydrogen) atoms. The van der Waals surface area contributed by atoms with E-state index in [1.165, 1.54) is 18.4 Å². The fraction of sp³-hybridized carbons (Fsp3) is 0.150. The summed E-state index contributed by atoms with van der Waals surface area (Å²) in [5.41, 5.74) is 9.21. The van der Waals surface area contributed by atoms with Crippen LogP contribution in [0.2, 0.25) is 0 Å². The lowest BCUT2D eigenvalue weighted by Crippen LogP contribution is -2.02. The third kappa shape index (κ3) is 3.65. The molecule has 0 aliphatic carbocycles. The zero-order valence-electron chi connectivity index (χ0n) is 14.5. The minimum atomic E-state index is -0.437. The molecule has 3 aromatic rings. The van der Waals surface area contributed by atoms with Gasteiger partial charge in [0.15, 0.2) is 11.5 Å². The molecule has 0 amide bonds. The Kier molecular flexibility index (Phi) is 5.43. The van der Waals surface area contributed by atoms with E-state index in [1.807, 2.05) is 53.9 Å². The van der Waals surface area contributed by atoms with Crippen LogP contribution in [0.15, 0.2) is 53.9 Å². The number of benzene rings is 2. The Morgan fingerprint density at radius 1 is 1.08 bits per heavy atom. The van der Waals surface area contributed by atoms with Crippen molar-refractivity contribution < 1.29 is 19.0 Å². The topological polar surface area (TPSA) is 70.8 Å². The van der Waals surface area contributed by atoms with Crippen molar-refractivity contribution in [3.05, 3.63) is 64.4 Å². The Morgan fingerprint density at radius 2 is 1.85 bits per heavy atom. The van der Waals surface area contributed by atoms with E-state index in [-0.39, 0.29) is 0 Å². The quantitative estimate of drug-likeness (QED) is 0.653. The van der Waals surface area contributed by atoms with Gasteiger partial charge in [0.1, 0.15) is 11.5 Å². The Balaban J connectivity index is 1.90. The number of hydrogen-bond acceptors (Lipinski definition) is 6. The first-order valence-corrected chi connectivity index (χ1v) is 8.82. The Hall–Kier alpha value is -2.99. The van der Waals surface area contributed by atoms with Crippen LogP contribution in [0.4, 0.5) is 5.69 Å². The van der Waals surface area contributed by atoms with E-state index in [2.05, 4.69) is 0 Å². The molecule has 6 heteroatoms. The van der Waals surface area contributed by atoms with Crippen molar-refractivity contribution in [2.45, 2.75) is 6.61 Å². The highest BCUT2D eigenvalue weighted by atomic mass is 32.1. The summed E-state index contributed by atoms with van der Waals surface area (Å²) in [6.45, 7) is 0.424. The molecule has 0 unspecified atom stereocenters. The molecule has 3 rings (SSSR count). The highest BCUT2D eigenvalue weighted by molar-refractivity contribution is 7.13. The highest BCUT2D eigenvalue weighted by Gasteiger charge is 2.18. The van der Waals surface area contributed by atoms with E-state index >= 15 is 0 Å². The van der Waals surface area contributed by atoms with Crippen LogP contribution >= 0.6 is 11.3 Å². The van der Waals surface area contributed by atoms with Gasteiger partial charge in [-0.25, -0.2) is 4.79 Å². The van der Waals surface area contributed by atoms with Crippen LogP contribution in [0.3, 0.4) is 0 Å². The number of hydrogen-bond donors (Lipinski definition) is 1. The van der Waals surface area contributed by atoms with Crippen molar-refractivity contribution in [1.82, 2.24) is 0 Å². The fourth-order valence-corrected chi connectivity index (χ4v) is 3.45. The Labute approximate surface area is 155 Å². The van der Waals surface area contributed by atoms with Gasteiger partial charge in [-0.15, -0.1) is 11.3 Å². The lowest BCUT2D eigenvalue weighted by molar-refractivity contribution is 0.0607. The summed E-state index contributed by atoms with van der Waals surface area (Å²) >= 11 is 1.26. The van der Waals surface area contributed by atoms with Gasteiger partial charge in [-0.05, 0) is 23.3 Å². The fourth-order valence-electron chi connectivity index (χ4n) is 2.53. The third-order valence-electron chi connectivity index (χ3n) is 3.91. The number of ether oxygens (including phenoxy) is 3. The maximum Gasteiger partial charge on any atom is 0.350 e. The Bertz CT molecular complexity index is 905. The van der Waals surface area contributed by atoms with Gasteiger partial charge in [0, 0.05) is 10.9 Å². The first-order chi connectivity index (χ1) is 12.6. The van der Waals surface area contributed by atoms with Crippen molar-refractivity contribution in [3.63, 3.8) is 0 Å². The van der Waals surface area contributed by atoms with Gasteiger partial charge < -0.3 is 19.9 Å². The predicted octanol–water partition coefficient (Wildman–Crippen LogP) is 4.37. The molecule has 0 aliphatic rings. The second kappa shape index (κ2) is 7.93. The molecule has 1 heterocycles. The molecule has 0 bridgehead atoms. The molecule has 0 fully saturated rings. The summed E-state index contributed by atoms with van der Waals surface area (Å²) in [5, 5.41) is 1.84. The Morgan fingerprint density at radius 3 is 2.54 bits per heavy atom. The normalized spacial score (nSPS) is 10.4. The van der Waals surface area contributed by atoms with Gasteiger partial charge in [-0.2, -0.15) is 0 Å². The second-order valence-corrected chi connectivity index (χ2v) is 6.40. The smallest absolute Gasteiger partial charge is 0.350 e. The first kappa shape index (κ1) is 17.8. The summed E-state index contributed by atoms with van der Waals surface area (Å²) in [5.74, 6) is 0.804. The monoisotopic (exact) mass is 369 g/mol. The predicted molar refractivity (Wildman–Crippen MR) is 103 cm³/mol. The van der Waals surface area contributed by atoms with Crippen molar-refractivity contribution in [3.8, 4) is 22.6 Å². The molecule has 134 valence electrons. The molecular formula is C20H19NO4S. The lowest BCUT2D eigenvalue weighted by atomic mass is 10.1. The number of esters is 1. The van der Waals surface area contributed by atoms with Gasteiger partial charge in [-0.3, -0.25) is 0 Å². The number of anilines is 1. The average molecular weight is 369 g/mol. The van der Waals surface area contributed by atoms with Crippen LogP contribution in [-0.2, 0) is 11.3 Å². The van der Waals surface area contributed by atoms with E-state index in [1.54, 1.807) is 7.11 Å². The summed E-state index contributed by atoms with van der Waals surface area (Å²) in [6.07, 6.45) is 0. The zero-order chi connectivity index (χ0) is 18.5. The number of thiophene rings is 1. The molecule has 0 radical (unpaired) electrons. The molecule has 5 nitrogen and oxygen atoms in total. The second-order valence-electron chi connectivity index (χ2n) is 5.52. The number of carbonyl (C=O) groups is 1. The van der Waals surface area contributed by atoms with Crippen LogP contribution in [0.5, 0.6) is 11.5 Å². The molecule has 2 N–H and O–H groups in total. The molecule has 0 atom stereocenters. The average Bonchev–Trinajstić information content (AvgIpc) is 3.07. The molecule has 0 saturated heterocycles. The molecule has 0 spiro atoms. The molecule has 0 aliphatic heterocycles. The van der Waals surface area contributed by atoms with Crippen LogP contribution in [0.25, 0.3) is 11.1 Å². The van der Waals surface area contributed by atoms with Crippen LogP contribution < -0.4 is 15.2 Å². The van der Waals surface area contributed by atoms with Crippen molar-refractivity contribution in [2.24, 2.45) is 0 Å². The van der Waals surface area contributed by atoms with Gasteiger partial charge in [0.25, 0.3) is 0 Å². The maximum atomic E-state index is 11.8. The molecule has 1 aromatic heterocycles. The van der Waals surface area contributed by atoms with Crippen molar-refractivity contribution >= 4 is 23.0 Å². The van der Waals surface area contributed by atoms with Crippen molar-refractivity contribution in [1.29, 1.82) is 0 Å². The van der Waals surface area contributed by atoms with Crippen molar-refractivity contribution in [2.75, 3.05) is 20.0 Å². The summed E-state index contributed by atoms with van der Waals surface area (Å²) < 4.78 is 16.1. The van der Waals surface area contributed by atoms with Gasteiger partial charge in [0.2, 0.25) is 0 Å². The number of nitrogen functional groups attached to an aromatic ring is 1. The summed E-state index contributed by atoms with van der Waals surface area (Å²) in [4.78, 5) is 12.2. The number of nitrogens with two attached hydrogens (primary N) is 1. The van der Waals surface area contributed by atoms with Gasteiger partial charge in [-0.1, -0.05) is 36.4 Å². The summed E-state index contributed by atoms with van der Waals surface area (Å²) in [7, 11) is 2.93. The molecule has 2 aromatic carbocycles. The van der Waals surface area contributed by atoms with Crippen LogP contribution in [0.1, 0.15) is 15.2 Å². The lowest BCUT2D eigenvalue weighted by Gasteiger charge is -2.12. The van der Waals surface area contributed by atoms with E-state index < -0.39 is 5.97 Å². The highest BCUT2D eigenvalue weighted by Crippen LogP contribution is 2.39. The largest absolute Gasteiger partial charge is 0.493 e. The number of methoxy groups -OCH3 is 2. The minimum absolute atomic E-state index is 0.394. The third-order valence-corrected chi connectivity index (χ3v) is 4.89. The maximum absolute atomic E-state index is 11.8. The van der Waals surface area contributed by atoms with E-state index in [4.69, 9.17) is 19.9 Å². The summed E-state index contributed by atoms with van der Waals surface area (Å²) in [6, 6.07) is 15.5. The minimum Gasteiger partial charge on any atom is -0.493 e.